The van der Waals surface area contributed by atoms with E-state index in [2.05, 4.69) is 13.8 Å². The van der Waals surface area contributed by atoms with Crippen LogP contribution in [0.1, 0.15) is 33.6 Å². The average Bonchev–Trinajstić information content (AvgIpc) is 2.24. The van der Waals surface area contributed by atoms with Gasteiger partial charge in [0.1, 0.15) is 11.5 Å². The van der Waals surface area contributed by atoms with Crippen molar-refractivity contribution in [2.75, 3.05) is 20.8 Å². The number of hydrogen-bond acceptors (Lipinski definition) is 3. The van der Waals surface area contributed by atoms with E-state index in [9.17, 15) is 0 Å². The number of aliphatic hydroxyl groups excluding tert-OH is 1. The van der Waals surface area contributed by atoms with E-state index in [-0.39, 0.29) is 6.61 Å². The Balaban J connectivity index is 4.19. The lowest BCUT2D eigenvalue weighted by atomic mass is 9.94. The van der Waals surface area contributed by atoms with Crippen molar-refractivity contribution in [2.45, 2.75) is 33.6 Å². The molecule has 90 valence electrons. The SMILES string of the molecule is COC(C)=C(CC(C)CC(C)CO)OC. The zero-order valence-corrected chi connectivity index (χ0v) is 10.5. The molecule has 0 aromatic heterocycles. The Hall–Kier alpha value is -0.700. The van der Waals surface area contributed by atoms with Gasteiger partial charge in [-0.25, -0.2) is 0 Å². The van der Waals surface area contributed by atoms with Gasteiger partial charge in [-0.2, -0.15) is 0 Å². The molecule has 0 amide bonds. The van der Waals surface area contributed by atoms with Gasteiger partial charge in [-0.05, 0) is 25.2 Å². The molecule has 0 aliphatic carbocycles. The van der Waals surface area contributed by atoms with E-state index in [0.29, 0.717) is 11.8 Å². The fraction of sp³-hybridized carbons (Fsp3) is 0.833. The van der Waals surface area contributed by atoms with Crippen LogP contribution < -0.4 is 0 Å². The van der Waals surface area contributed by atoms with E-state index in [1.165, 1.54) is 0 Å². The Bertz CT molecular complexity index is 199. The van der Waals surface area contributed by atoms with Crippen molar-refractivity contribution in [1.82, 2.24) is 0 Å². The van der Waals surface area contributed by atoms with Crippen LogP contribution >= 0.6 is 0 Å². The van der Waals surface area contributed by atoms with Crippen molar-refractivity contribution >= 4 is 0 Å². The highest BCUT2D eigenvalue weighted by Crippen LogP contribution is 2.21. The summed E-state index contributed by atoms with van der Waals surface area (Å²) < 4.78 is 10.4. The van der Waals surface area contributed by atoms with Crippen molar-refractivity contribution < 1.29 is 14.6 Å². The van der Waals surface area contributed by atoms with Gasteiger partial charge < -0.3 is 14.6 Å². The van der Waals surface area contributed by atoms with Crippen LogP contribution in [-0.4, -0.2) is 25.9 Å². The number of hydrogen-bond donors (Lipinski definition) is 1. The van der Waals surface area contributed by atoms with Crippen LogP contribution in [0, 0.1) is 11.8 Å². The van der Waals surface area contributed by atoms with E-state index in [1.807, 2.05) is 6.92 Å². The maximum absolute atomic E-state index is 8.96. The van der Waals surface area contributed by atoms with Gasteiger partial charge in [-0.3, -0.25) is 0 Å². The lowest BCUT2D eigenvalue weighted by molar-refractivity contribution is 0.186. The quantitative estimate of drug-likeness (QED) is 0.665. The molecule has 0 bridgehead atoms. The van der Waals surface area contributed by atoms with Gasteiger partial charge in [0.25, 0.3) is 0 Å². The Kier molecular flexibility index (Phi) is 7.22. The Morgan fingerprint density at radius 2 is 1.73 bits per heavy atom. The lowest BCUT2D eigenvalue weighted by Gasteiger charge is -2.17. The highest BCUT2D eigenvalue weighted by atomic mass is 16.5. The highest BCUT2D eigenvalue weighted by molar-refractivity contribution is 4.99. The minimum absolute atomic E-state index is 0.250. The molecule has 0 spiro atoms. The molecule has 0 saturated carbocycles. The van der Waals surface area contributed by atoms with Crippen LogP contribution in [0.2, 0.25) is 0 Å². The Morgan fingerprint density at radius 1 is 1.13 bits per heavy atom. The molecule has 3 nitrogen and oxygen atoms in total. The molecule has 0 saturated heterocycles. The minimum atomic E-state index is 0.250. The molecular weight excluding hydrogens is 192 g/mol. The van der Waals surface area contributed by atoms with Gasteiger partial charge in [-0.15, -0.1) is 0 Å². The van der Waals surface area contributed by atoms with Gasteiger partial charge in [0.05, 0.1) is 14.2 Å². The molecule has 0 aromatic rings. The fourth-order valence-electron chi connectivity index (χ4n) is 1.65. The van der Waals surface area contributed by atoms with Crippen LogP contribution in [0.4, 0.5) is 0 Å². The van der Waals surface area contributed by atoms with E-state index < -0.39 is 0 Å². The van der Waals surface area contributed by atoms with Crippen LogP contribution in [0.5, 0.6) is 0 Å². The predicted octanol–water partition coefficient (Wildman–Crippen LogP) is 2.56. The Labute approximate surface area is 93.1 Å². The molecule has 0 aliphatic rings. The second-order valence-corrected chi connectivity index (χ2v) is 4.22. The van der Waals surface area contributed by atoms with Gasteiger partial charge in [0.15, 0.2) is 0 Å². The number of methoxy groups -OCH3 is 2. The van der Waals surface area contributed by atoms with Crippen molar-refractivity contribution in [1.29, 1.82) is 0 Å². The summed E-state index contributed by atoms with van der Waals surface area (Å²) in [6, 6.07) is 0. The van der Waals surface area contributed by atoms with Crippen molar-refractivity contribution in [3.8, 4) is 0 Å². The van der Waals surface area contributed by atoms with Crippen LogP contribution in [-0.2, 0) is 9.47 Å². The summed E-state index contributed by atoms with van der Waals surface area (Å²) >= 11 is 0. The topological polar surface area (TPSA) is 38.7 Å². The first-order valence-electron chi connectivity index (χ1n) is 5.43. The van der Waals surface area contributed by atoms with Gasteiger partial charge >= 0.3 is 0 Å². The van der Waals surface area contributed by atoms with Gasteiger partial charge in [0.2, 0.25) is 0 Å². The maximum atomic E-state index is 8.96. The molecule has 0 fully saturated rings. The zero-order chi connectivity index (χ0) is 11.8. The standard InChI is InChI=1S/C12H24O3/c1-9(6-10(2)8-13)7-12(15-5)11(3)14-4/h9-10,13H,6-8H2,1-5H3. The summed E-state index contributed by atoms with van der Waals surface area (Å²) in [5.41, 5.74) is 0. The highest BCUT2D eigenvalue weighted by Gasteiger charge is 2.12. The monoisotopic (exact) mass is 216 g/mol. The first-order chi connectivity index (χ1) is 7.04. The van der Waals surface area contributed by atoms with Crippen LogP contribution in [0.15, 0.2) is 11.5 Å². The lowest BCUT2D eigenvalue weighted by Crippen LogP contribution is -2.09. The summed E-state index contributed by atoms with van der Waals surface area (Å²) in [4.78, 5) is 0. The van der Waals surface area contributed by atoms with Crippen LogP contribution in [0.25, 0.3) is 0 Å². The normalized spacial score (nSPS) is 16.7. The first kappa shape index (κ1) is 14.3. The van der Waals surface area contributed by atoms with E-state index in [4.69, 9.17) is 14.6 Å². The smallest absolute Gasteiger partial charge is 0.133 e. The molecule has 2 atom stereocenters. The molecule has 0 radical (unpaired) electrons. The predicted molar refractivity (Wildman–Crippen MR) is 61.4 cm³/mol. The molecule has 0 heterocycles. The molecule has 15 heavy (non-hydrogen) atoms. The number of ether oxygens (including phenoxy) is 2. The molecular formula is C12H24O3. The van der Waals surface area contributed by atoms with Gasteiger partial charge in [-0.1, -0.05) is 13.8 Å². The van der Waals surface area contributed by atoms with Crippen LogP contribution in [0.3, 0.4) is 0 Å². The number of aliphatic hydroxyl groups is 1. The van der Waals surface area contributed by atoms with E-state index in [0.717, 1.165) is 24.4 Å². The van der Waals surface area contributed by atoms with Gasteiger partial charge in [0, 0.05) is 13.0 Å². The molecule has 0 rings (SSSR count). The third-order valence-electron chi connectivity index (χ3n) is 2.60. The number of allylic oxidation sites excluding steroid dienone is 2. The fourth-order valence-corrected chi connectivity index (χ4v) is 1.65. The summed E-state index contributed by atoms with van der Waals surface area (Å²) in [5.74, 6) is 2.57. The molecule has 2 unspecified atom stereocenters. The second-order valence-electron chi connectivity index (χ2n) is 4.22. The summed E-state index contributed by atoms with van der Waals surface area (Å²) in [7, 11) is 3.31. The Morgan fingerprint density at radius 3 is 2.13 bits per heavy atom. The third-order valence-corrected chi connectivity index (χ3v) is 2.60. The number of rotatable bonds is 7. The summed E-state index contributed by atoms with van der Waals surface area (Å²) in [6.45, 7) is 6.37. The largest absolute Gasteiger partial charge is 0.498 e. The van der Waals surface area contributed by atoms with E-state index >= 15 is 0 Å². The molecule has 0 aromatic carbocycles. The molecule has 3 heteroatoms. The average molecular weight is 216 g/mol. The zero-order valence-electron chi connectivity index (χ0n) is 10.5. The first-order valence-corrected chi connectivity index (χ1v) is 5.43. The second kappa shape index (κ2) is 7.57. The van der Waals surface area contributed by atoms with Crippen molar-refractivity contribution in [3.05, 3.63) is 11.5 Å². The van der Waals surface area contributed by atoms with Crippen molar-refractivity contribution in [3.63, 3.8) is 0 Å². The van der Waals surface area contributed by atoms with E-state index in [1.54, 1.807) is 14.2 Å². The minimum Gasteiger partial charge on any atom is -0.498 e. The summed E-state index contributed by atoms with van der Waals surface area (Å²) in [6.07, 6.45) is 1.86. The van der Waals surface area contributed by atoms with Crippen molar-refractivity contribution in [2.24, 2.45) is 11.8 Å². The summed E-state index contributed by atoms with van der Waals surface area (Å²) in [5, 5.41) is 8.96. The molecule has 1 N–H and O–H groups in total. The maximum Gasteiger partial charge on any atom is 0.133 e. The molecule has 0 aliphatic heterocycles. The third kappa shape index (κ3) is 5.67.